The van der Waals surface area contributed by atoms with Crippen LogP contribution in [-0.4, -0.2) is 13.0 Å². The summed E-state index contributed by atoms with van der Waals surface area (Å²) in [6.45, 7) is 2.29. The fraction of sp³-hybridized carbons (Fsp3) is 1.00. The van der Waals surface area contributed by atoms with E-state index in [0.717, 1.165) is 0 Å². The summed E-state index contributed by atoms with van der Waals surface area (Å²) in [5.41, 5.74) is 0. The molecule has 0 nitrogen and oxygen atoms in total. The molecule has 0 saturated carbocycles. The first-order chi connectivity index (χ1) is 9.91. The Hall–Kier alpha value is 0.135. The summed E-state index contributed by atoms with van der Waals surface area (Å²) in [6, 6.07) is 0. The molecule has 6 heteroatoms. The minimum atomic E-state index is -6.00. The van der Waals surface area contributed by atoms with Gasteiger partial charge in [-0.05, 0) is 25.5 Å². The van der Waals surface area contributed by atoms with Crippen LogP contribution in [0.2, 0.25) is 0 Å². The van der Waals surface area contributed by atoms with Crippen molar-refractivity contribution < 1.29 is 17.3 Å². The molecule has 0 spiro atoms. The van der Waals surface area contributed by atoms with Gasteiger partial charge in [-0.25, -0.2) is 0 Å². The van der Waals surface area contributed by atoms with Gasteiger partial charge in [0.05, 0.1) is 0 Å². The lowest BCUT2D eigenvalue weighted by Gasteiger charge is -2.02. The first-order valence-corrected chi connectivity index (χ1v) is 9.14. The average molecular weight is 332 g/mol. The monoisotopic (exact) mass is 332 g/mol. The molecule has 0 saturated heterocycles. The van der Waals surface area contributed by atoms with Crippen LogP contribution in [0.3, 0.4) is 0 Å². The molecule has 0 unspecified atom stereocenters. The molecule has 0 atom stereocenters. The second-order valence-corrected chi connectivity index (χ2v) is 5.99. The van der Waals surface area contributed by atoms with Crippen LogP contribution >= 0.6 is 0 Å². The Labute approximate surface area is 134 Å². The summed E-state index contributed by atoms with van der Waals surface area (Å²) in [5.74, 6) is 1.18. The summed E-state index contributed by atoms with van der Waals surface area (Å²) in [6.07, 6.45) is 18.8. The summed E-state index contributed by atoms with van der Waals surface area (Å²) in [4.78, 5) is 0. The van der Waals surface area contributed by atoms with Crippen molar-refractivity contribution in [2.75, 3.05) is 5.75 Å². The molecule has 0 aromatic heterocycles. The molecule has 0 heterocycles. The fourth-order valence-electron chi connectivity index (χ4n) is 2.14. The Bertz CT molecular complexity index is 169. The highest BCUT2D eigenvalue weighted by atomic mass is 32.1. The van der Waals surface area contributed by atoms with Gasteiger partial charge in [0.1, 0.15) is 5.75 Å². The summed E-state index contributed by atoms with van der Waals surface area (Å²) >= 11 is 3.52. The van der Waals surface area contributed by atoms with E-state index < -0.39 is 7.25 Å². The van der Waals surface area contributed by atoms with Crippen molar-refractivity contribution in [3.8, 4) is 0 Å². The van der Waals surface area contributed by atoms with Crippen molar-refractivity contribution in [3.05, 3.63) is 0 Å². The smallest absolute Gasteiger partial charge is 0.418 e. The van der Waals surface area contributed by atoms with Crippen molar-refractivity contribution in [2.45, 2.75) is 90.4 Å². The van der Waals surface area contributed by atoms with Gasteiger partial charge < -0.3 is 17.3 Å². The Morgan fingerprint density at radius 1 is 0.571 bits per heavy atom. The van der Waals surface area contributed by atoms with Gasteiger partial charge in [-0.1, -0.05) is 77.6 Å². The van der Waals surface area contributed by atoms with Crippen molar-refractivity contribution >= 4 is 19.9 Å². The van der Waals surface area contributed by atoms with Crippen molar-refractivity contribution in [3.63, 3.8) is 0 Å². The maximum Gasteiger partial charge on any atom is 0.673 e. The molecule has 0 bridgehead atoms. The van der Waals surface area contributed by atoms with Gasteiger partial charge in [0.25, 0.3) is 0 Å². The standard InChI is InChI=1S/C15H32S.BF4/c1-2-3-4-5-6-7-8-9-10-11-12-13-14-15-16;2-1(3,4)5/h16H,2-15H2,1H3;/q;-1/p+1. The van der Waals surface area contributed by atoms with Crippen molar-refractivity contribution in [1.29, 1.82) is 0 Å². The summed E-state index contributed by atoms with van der Waals surface area (Å²) in [5, 5.41) is 0. The first-order valence-electron chi connectivity index (χ1n) is 8.43. The van der Waals surface area contributed by atoms with Crippen molar-refractivity contribution in [1.82, 2.24) is 0 Å². The third kappa shape index (κ3) is 38.4. The minimum Gasteiger partial charge on any atom is -0.418 e. The van der Waals surface area contributed by atoms with Gasteiger partial charge in [-0.2, -0.15) is 0 Å². The average Bonchev–Trinajstić information content (AvgIpc) is 2.38. The number of hydrogen-bond acceptors (Lipinski definition) is 0. The molecule has 0 aliphatic rings. The van der Waals surface area contributed by atoms with E-state index in [4.69, 9.17) is 0 Å². The molecule has 130 valence electrons. The van der Waals surface area contributed by atoms with Crippen LogP contribution in [0, 0.1) is 0 Å². The highest BCUT2D eigenvalue weighted by Gasteiger charge is 2.20. The van der Waals surface area contributed by atoms with Gasteiger partial charge in [-0.3, -0.25) is 0 Å². The third-order valence-electron chi connectivity index (χ3n) is 3.28. The van der Waals surface area contributed by atoms with Crippen LogP contribution in [0.15, 0.2) is 0 Å². The zero-order valence-corrected chi connectivity index (χ0v) is 14.5. The van der Waals surface area contributed by atoms with Crippen LogP contribution in [0.4, 0.5) is 17.3 Å². The van der Waals surface area contributed by atoms with Crippen LogP contribution < -0.4 is 0 Å². The van der Waals surface area contributed by atoms with E-state index in [-0.39, 0.29) is 0 Å². The highest BCUT2D eigenvalue weighted by Crippen LogP contribution is 2.12. The van der Waals surface area contributed by atoms with E-state index in [1.165, 1.54) is 89.2 Å². The molecule has 0 rings (SSSR count). The minimum absolute atomic E-state index is 1.18. The molecule has 0 amide bonds. The predicted molar refractivity (Wildman–Crippen MR) is 90.9 cm³/mol. The van der Waals surface area contributed by atoms with E-state index in [1.54, 1.807) is 0 Å². The number of hydrogen-bond donors (Lipinski definition) is 0. The second kappa shape index (κ2) is 18.2. The van der Waals surface area contributed by atoms with E-state index in [2.05, 4.69) is 19.6 Å². The molecule has 0 aliphatic heterocycles. The van der Waals surface area contributed by atoms with Crippen LogP contribution in [0.25, 0.3) is 0 Å². The van der Waals surface area contributed by atoms with Gasteiger partial charge in [0.2, 0.25) is 0 Å². The molecular formula is C15H33BF4S. The maximum atomic E-state index is 9.75. The highest BCUT2D eigenvalue weighted by molar-refractivity contribution is 7.58. The SMILES string of the molecule is CCCCCCCCCCCCCCC[SH2+].F[B-](F)(F)F. The first kappa shape index (κ1) is 23.4. The Kier molecular flexibility index (Phi) is 20.3. The number of halogens is 4. The lowest BCUT2D eigenvalue weighted by atomic mass is 10.1. The molecule has 0 radical (unpaired) electrons. The van der Waals surface area contributed by atoms with Crippen LogP contribution in [0.1, 0.15) is 90.4 Å². The van der Waals surface area contributed by atoms with Gasteiger partial charge in [-0.15, -0.1) is 0 Å². The molecule has 0 aromatic rings. The summed E-state index contributed by atoms with van der Waals surface area (Å²) < 4.78 is 39.0. The quantitative estimate of drug-likeness (QED) is 0.159. The largest absolute Gasteiger partial charge is 0.673 e. The van der Waals surface area contributed by atoms with Crippen LogP contribution in [0.5, 0.6) is 0 Å². The zero-order chi connectivity index (χ0) is 16.4. The Morgan fingerprint density at radius 2 is 0.810 bits per heavy atom. The molecule has 0 aromatic carbocycles. The lowest BCUT2D eigenvalue weighted by molar-refractivity contribution is 0.368. The normalized spacial score (nSPS) is 11.1. The topological polar surface area (TPSA) is 0 Å². The zero-order valence-electron chi connectivity index (χ0n) is 13.5. The van der Waals surface area contributed by atoms with E-state index in [9.17, 15) is 17.3 Å². The van der Waals surface area contributed by atoms with Crippen molar-refractivity contribution in [2.24, 2.45) is 0 Å². The van der Waals surface area contributed by atoms with E-state index >= 15 is 0 Å². The second-order valence-electron chi connectivity index (χ2n) is 5.49. The molecular weight excluding hydrogens is 299 g/mol. The summed E-state index contributed by atoms with van der Waals surface area (Å²) in [7, 11) is -6.00. The third-order valence-corrected chi connectivity index (χ3v) is 3.63. The maximum absolute atomic E-state index is 9.75. The molecule has 21 heavy (non-hydrogen) atoms. The predicted octanol–water partition coefficient (Wildman–Crippen LogP) is 6.39. The van der Waals surface area contributed by atoms with Gasteiger partial charge in [0.15, 0.2) is 0 Å². The van der Waals surface area contributed by atoms with E-state index in [0.29, 0.717) is 0 Å². The lowest BCUT2D eigenvalue weighted by Crippen LogP contribution is -2.02. The van der Waals surface area contributed by atoms with Gasteiger partial charge >= 0.3 is 7.25 Å². The fourth-order valence-corrected chi connectivity index (χ4v) is 2.39. The molecule has 0 N–H and O–H groups in total. The van der Waals surface area contributed by atoms with Crippen LogP contribution in [-0.2, 0) is 12.6 Å². The van der Waals surface area contributed by atoms with Gasteiger partial charge in [0, 0.05) is 0 Å². The Morgan fingerprint density at radius 3 is 1.05 bits per heavy atom. The molecule has 0 fully saturated rings. The van der Waals surface area contributed by atoms with E-state index in [1.807, 2.05) is 0 Å². The number of unbranched alkanes of at least 4 members (excludes halogenated alkanes) is 12. The number of rotatable bonds is 13. The Balaban J connectivity index is 0. The molecule has 0 aliphatic carbocycles.